The van der Waals surface area contributed by atoms with Crippen molar-refractivity contribution in [1.29, 1.82) is 0 Å². The number of carbonyl (C=O) groups excluding carboxylic acids is 1. The van der Waals surface area contributed by atoms with E-state index in [4.69, 9.17) is 10.5 Å². The zero-order chi connectivity index (χ0) is 15.0. The van der Waals surface area contributed by atoms with Gasteiger partial charge in [-0.3, -0.25) is 4.79 Å². The first kappa shape index (κ1) is 13.9. The predicted octanol–water partition coefficient (Wildman–Crippen LogP) is 2.67. The van der Waals surface area contributed by atoms with Crippen LogP contribution in [0.5, 0.6) is 0 Å². The largest absolute Gasteiger partial charge is 0.398 e. The summed E-state index contributed by atoms with van der Waals surface area (Å²) in [4.78, 5) is 14.6. The van der Waals surface area contributed by atoms with Crippen LogP contribution in [0.25, 0.3) is 10.8 Å². The molecule has 1 fully saturated rings. The second-order valence-electron chi connectivity index (χ2n) is 6.12. The SMILES string of the molecule is CC1(C)CN(C(=O)c2cc3ccccc3cc2N)CCO1. The minimum atomic E-state index is -0.306. The van der Waals surface area contributed by atoms with Crippen LogP contribution in [0.15, 0.2) is 36.4 Å². The van der Waals surface area contributed by atoms with Crippen molar-refractivity contribution in [2.45, 2.75) is 19.4 Å². The first-order chi connectivity index (χ1) is 9.96. The summed E-state index contributed by atoms with van der Waals surface area (Å²) in [6.07, 6.45) is 0. The highest BCUT2D eigenvalue weighted by molar-refractivity contribution is 6.04. The Balaban J connectivity index is 1.96. The van der Waals surface area contributed by atoms with E-state index in [1.165, 1.54) is 0 Å². The second-order valence-corrected chi connectivity index (χ2v) is 6.12. The third kappa shape index (κ3) is 2.72. The van der Waals surface area contributed by atoms with E-state index in [2.05, 4.69) is 0 Å². The number of amides is 1. The van der Waals surface area contributed by atoms with Crippen molar-refractivity contribution in [1.82, 2.24) is 4.90 Å². The lowest BCUT2D eigenvalue weighted by atomic mass is 10.0. The molecule has 2 aromatic rings. The van der Waals surface area contributed by atoms with E-state index in [0.29, 0.717) is 30.9 Å². The van der Waals surface area contributed by atoms with Gasteiger partial charge in [-0.15, -0.1) is 0 Å². The first-order valence-corrected chi connectivity index (χ1v) is 7.18. The lowest BCUT2D eigenvalue weighted by Gasteiger charge is -2.38. The number of nitrogens with zero attached hydrogens (tertiary/aromatic N) is 1. The van der Waals surface area contributed by atoms with E-state index >= 15 is 0 Å². The van der Waals surface area contributed by atoms with Crippen LogP contribution in [0.4, 0.5) is 5.69 Å². The standard InChI is InChI=1S/C17H20N2O2/c1-17(2)11-19(7-8-21-17)16(20)14-9-12-5-3-4-6-13(12)10-15(14)18/h3-6,9-10H,7-8,11,18H2,1-2H3. The fraction of sp³-hybridized carbons (Fsp3) is 0.353. The molecule has 0 aromatic heterocycles. The van der Waals surface area contributed by atoms with Crippen LogP contribution in [-0.4, -0.2) is 36.1 Å². The van der Waals surface area contributed by atoms with E-state index in [-0.39, 0.29) is 11.5 Å². The molecule has 0 radical (unpaired) electrons. The van der Waals surface area contributed by atoms with Gasteiger partial charge in [-0.1, -0.05) is 24.3 Å². The molecule has 3 rings (SSSR count). The van der Waals surface area contributed by atoms with Gasteiger partial charge in [-0.2, -0.15) is 0 Å². The highest BCUT2D eigenvalue weighted by atomic mass is 16.5. The normalized spacial score (nSPS) is 17.9. The monoisotopic (exact) mass is 284 g/mol. The molecule has 0 unspecified atom stereocenters. The lowest BCUT2D eigenvalue weighted by molar-refractivity contribution is -0.0763. The van der Waals surface area contributed by atoms with Gasteiger partial charge < -0.3 is 15.4 Å². The molecular weight excluding hydrogens is 264 g/mol. The Morgan fingerprint density at radius 3 is 2.57 bits per heavy atom. The summed E-state index contributed by atoms with van der Waals surface area (Å²) in [5.74, 6) is -0.0189. The van der Waals surface area contributed by atoms with Gasteiger partial charge in [0.25, 0.3) is 5.91 Å². The summed E-state index contributed by atoms with van der Waals surface area (Å²) in [6.45, 7) is 5.74. The topological polar surface area (TPSA) is 55.6 Å². The number of ether oxygens (including phenoxy) is 1. The molecule has 1 amide bonds. The molecule has 4 nitrogen and oxygen atoms in total. The summed E-state index contributed by atoms with van der Waals surface area (Å²) < 4.78 is 5.66. The van der Waals surface area contributed by atoms with Crippen molar-refractivity contribution >= 4 is 22.4 Å². The first-order valence-electron chi connectivity index (χ1n) is 7.18. The average Bonchev–Trinajstić information content (AvgIpc) is 2.44. The fourth-order valence-corrected chi connectivity index (χ4v) is 2.80. The van der Waals surface area contributed by atoms with E-state index in [9.17, 15) is 4.79 Å². The number of fused-ring (bicyclic) bond motifs is 1. The number of benzene rings is 2. The van der Waals surface area contributed by atoms with Gasteiger partial charge in [0.05, 0.1) is 17.8 Å². The maximum atomic E-state index is 12.7. The Morgan fingerprint density at radius 1 is 1.24 bits per heavy atom. The number of hydrogen-bond acceptors (Lipinski definition) is 3. The molecule has 0 bridgehead atoms. The minimum Gasteiger partial charge on any atom is -0.398 e. The summed E-state index contributed by atoms with van der Waals surface area (Å²) in [5.41, 5.74) is 6.88. The molecule has 110 valence electrons. The Morgan fingerprint density at radius 2 is 1.90 bits per heavy atom. The molecule has 1 aliphatic heterocycles. The smallest absolute Gasteiger partial charge is 0.256 e. The minimum absolute atomic E-state index is 0.0189. The van der Waals surface area contributed by atoms with Gasteiger partial charge in [0.1, 0.15) is 0 Å². The lowest BCUT2D eigenvalue weighted by Crippen LogP contribution is -2.50. The second kappa shape index (κ2) is 5.04. The summed E-state index contributed by atoms with van der Waals surface area (Å²) in [6, 6.07) is 11.7. The number of hydrogen-bond donors (Lipinski definition) is 1. The fourth-order valence-electron chi connectivity index (χ4n) is 2.80. The third-order valence-corrected chi connectivity index (χ3v) is 3.86. The highest BCUT2D eigenvalue weighted by Crippen LogP contribution is 2.25. The van der Waals surface area contributed by atoms with Crippen LogP contribution in [0.3, 0.4) is 0 Å². The van der Waals surface area contributed by atoms with Gasteiger partial charge in [-0.05, 0) is 36.8 Å². The van der Waals surface area contributed by atoms with Crippen molar-refractivity contribution < 1.29 is 9.53 Å². The van der Waals surface area contributed by atoms with Crippen LogP contribution in [0.2, 0.25) is 0 Å². The number of rotatable bonds is 1. The summed E-state index contributed by atoms with van der Waals surface area (Å²) in [5, 5.41) is 2.08. The summed E-state index contributed by atoms with van der Waals surface area (Å²) in [7, 11) is 0. The van der Waals surface area contributed by atoms with E-state index in [0.717, 1.165) is 10.8 Å². The average molecular weight is 284 g/mol. The number of nitrogen functional groups attached to an aromatic ring is 1. The quantitative estimate of drug-likeness (QED) is 0.819. The van der Waals surface area contributed by atoms with Crippen molar-refractivity contribution in [2.24, 2.45) is 0 Å². The molecule has 2 aromatic carbocycles. The molecule has 0 atom stereocenters. The molecule has 0 spiro atoms. The van der Waals surface area contributed by atoms with Gasteiger partial charge in [0.15, 0.2) is 0 Å². The molecule has 1 saturated heterocycles. The molecule has 0 saturated carbocycles. The highest BCUT2D eigenvalue weighted by Gasteiger charge is 2.31. The molecule has 2 N–H and O–H groups in total. The van der Waals surface area contributed by atoms with Crippen molar-refractivity contribution in [3.8, 4) is 0 Å². The Kier molecular flexibility index (Phi) is 3.33. The zero-order valence-corrected chi connectivity index (χ0v) is 12.4. The molecule has 0 aliphatic carbocycles. The van der Waals surface area contributed by atoms with Crippen molar-refractivity contribution in [3.05, 3.63) is 42.0 Å². The maximum Gasteiger partial charge on any atom is 0.256 e. The van der Waals surface area contributed by atoms with E-state index < -0.39 is 0 Å². The zero-order valence-electron chi connectivity index (χ0n) is 12.4. The van der Waals surface area contributed by atoms with Crippen LogP contribution >= 0.6 is 0 Å². The Bertz CT molecular complexity index is 694. The maximum absolute atomic E-state index is 12.7. The van der Waals surface area contributed by atoms with Crippen LogP contribution in [-0.2, 0) is 4.74 Å². The van der Waals surface area contributed by atoms with Gasteiger partial charge >= 0.3 is 0 Å². The molecule has 21 heavy (non-hydrogen) atoms. The van der Waals surface area contributed by atoms with E-state index in [1.54, 1.807) is 0 Å². The van der Waals surface area contributed by atoms with Gasteiger partial charge in [0, 0.05) is 18.8 Å². The van der Waals surface area contributed by atoms with Crippen LogP contribution < -0.4 is 5.73 Å². The van der Waals surface area contributed by atoms with Crippen molar-refractivity contribution in [2.75, 3.05) is 25.4 Å². The molecule has 4 heteroatoms. The van der Waals surface area contributed by atoms with Gasteiger partial charge in [-0.25, -0.2) is 0 Å². The number of nitrogens with two attached hydrogens (primary N) is 1. The Hall–Kier alpha value is -2.07. The molecule has 1 aliphatic rings. The number of morpholine rings is 1. The van der Waals surface area contributed by atoms with Crippen LogP contribution in [0.1, 0.15) is 24.2 Å². The van der Waals surface area contributed by atoms with Gasteiger partial charge in [0.2, 0.25) is 0 Å². The number of anilines is 1. The number of carbonyl (C=O) groups is 1. The van der Waals surface area contributed by atoms with Crippen LogP contribution in [0, 0.1) is 0 Å². The summed E-state index contributed by atoms with van der Waals surface area (Å²) >= 11 is 0. The molecular formula is C17H20N2O2. The predicted molar refractivity (Wildman–Crippen MR) is 84.3 cm³/mol. The Labute approximate surface area is 124 Å². The third-order valence-electron chi connectivity index (χ3n) is 3.86. The van der Waals surface area contributed by atoms with E-state index in [1.807, 2.05) is 55.1 Å². The van der Waals surface area contributed by atoms with Crippen molar-refractivity contribution in [3.63, 3.8) is 0 Å². The molecule has 1 heterocycles.